The number of hydrogen-bond donors (Lipinski definition) is 0. The number of aryl methyl sites for hydroxylation is 2. The van der Waals surface area contributed by atoms with E-state index in [2.05, 4.69) is 36.2 Å². The first-order valence-electron chi connectivity index (χ1n) is 10.6. The second-order valence-electron chi connectivity index (χ2n) is 7.68. The van der Waals surface area contributed by atoms with E-state index < -0.39 is 0 Å². The molecule has 8 nitrogen and oxygen atoms in total. The SMILES string of the molecule is COc1ccc(-c2nn3c(CCc4c(C)nn(-c5ccccc5)c4C)nnc3s2)c(OC)c1. The highest BCUT2D eigenvalue weighted by molar-refractivity contribution is 7.19. The molecule has 0 N–H and O–H groups in total. The predicted molar refractivity (Wildman–Crippen MR) is 128 cm³/mol. The van der Waals surface area contributed by atoms with Gasteiger partial charge in [-0.3, -0.25) is 0 Å². The van der Waals surface area contributed by atoms with Crippen molar-refractivity contribution in [2.45, 2.75) is 26.7 Å². The highest BCUT2D eigenvalue weighted by atomic mass is 32.1. The molecule has 3 aromatic heterocycles. The number of nitrogens with zero attached hydrogens (tertiary/aromatic N) is 6. The number of hydrogen-bond acceptors (Lipinski definition) is 7. The highest BCUT2D eigenvalue weighted by Gasteiger charge is 2.18. The second kappa shape index (κ2) is 8.67. The van der Waals surface area contributed by atoms with Gasteiger partial charge in [0.2, 0.25) is 4.96 Å². The molecule has 33 heavy (non-hydrogen) atoms. The quantitative estimate of drug-likeness (QED) is 0.357. The molecule has 0 spiro atoms. The summed E-state index contributed by atoms with van der Waals surface area (Å²) in [6.45, 7) is 4.16. The lowest BCUT2D eigenvalue weighted by Gasteiger charge is -2.07. The minimum Gasteiger partial charge on any atom is -0.497 e. The zero-order valence-electron chi connectivity index (χ0n) is 18.9. The van der Waals surface area contributed by atoms with Crippen LogP contribution in [0.25, 0.3) is 21.2 Å². The van der Waals surface area contributed by atoms with Crippen LogP contribution in [0.1, 0.15) is 22.8 Å². The van der Waals surface area contributed by atoms with Crippen LogP contribution in [-0.4, -0.2) is 43.8 Å². The maximum Gasteiger partial charge on any atom is 0.234 e. The molecule has 168 valence electrons. The van der Waals surface area contributed by atoms with Crippen LogP contribution in [0.3, 0.4) is 0 Å². The van der Waals surface area contributed by atoms with E-state index in [4.69, 9.17) is 19.7 Å². The van der Waals surface area contributed by atoms with Gasteiger partial charge in [-0.05, 0) is 50.1 Å². The van der Waals surface area contributed by atoms with E-state index in [-0.39, 0.29) is 0 Å². The van der Waals surface area contributed by atoms with Crippen molar-refractivity contribution in [2.75, 3.05) is 14.2 Å². The molecule has 9 heteroatoms. The largest absolute Gasteiger partial charge is 0.497 e. The molecule has 2 aromatic carbocycles. The maximum absolute atomic E-state index is 5.55. The number of benzene rings is 2. The predicted octanol–water partition coefficient (Wildman–Crippen LogP) is 4.46. The monoisotopic (exact) mass is 460 g/mol. The van der Waals surface area contributed by atoms with E-state index in [1.165, 1.54) is 16.9 Å². The van der Waals surface area contributed by atoms with Crippen molar-refractivity contribution in [1.82, 2.24) is 29.6 Å². The molecule has 3 heterocycles. The summed E-state index contributed by atoms with van der Waals surface area (Å²) < 4.78 is 14.7. The molecule has 0 unspecified atom stereocenters. The van der Waals surface area contributed by atoms with Gasteiger partial charge in [-0.15, -0.1) is 10.2 Å². The Morgan fingerprint density at radius 3 is 2.48 bits per heavy atom. The van der Waals surface area contributed by atoms with Crippen LogP contribution in [0.5, 0.6) is 11.5 Å². The summed E-state index contributed by atoms with van der Waals surface area (Å²) in [5, 5.41) is 19.1. The lowest BCUT2D eigenvalue weighted by atomic mass is 10.1. The zero-order valence-corrected chi connectivity index (χ0v) is 19.8. The van der Waals surface area contributed by atoms with Crippen LogP contribution in [0.15, 0.2) is 48.5 Å². The van der Waals surface area contributed by atoms with Crippen LogP contribution in [0.2, 0.25) is 0 Å². The van der Waals surface area contributed by atoms with Crippen molar-refractivity contribution >= 4 is 16.3 Å². The molecule has 0 amide bonds. The number of fused-ring (bicyclic) bond motifs is 1. The maximum atomic E-state index is 5.55. The van der Waals surface area contributed by atoms with Crippen molar-refractivity contribution in [3.05, 3.63) is 71.3 Å². The fourth-order valence-corrected chi connectivity index (χ4v) is 4.88. The Labute approximate surface area is 195 Å². The van der Waals surface area contributed by atoms with Gasteiger partial charge in [-0.25, -0.2) is 4.68 Å². The minimum atomic E-state index is 0.709. The van der Waals surface area contributed by atoms with Crippen LogP contribution in [0.4, 0.5) is 0 Å². The standard InChI is InChI=1S/C24H24N6O2S/c1-15-19(16(2)29(27-15)17-8-6-5-7-9-17)12-13-22-25-26-24-30(22)28-23(33-24)20-11-10-18(31-3)14-21(20)32-4/h5-11,14H,12-13H2,1-4H3. The van der Waals surface area contributed by atoms with Gasteiger partial charge in [0.25, 0.3) is 0 Å². The van der Waals surface area contributed by atoms with E-state index in [0.29, 0.717) is 12.2 Å². The van der Waals surface area contributed by atoms with Gasteiger partial charge in [-0.1, -0.05) is 29.5 Å². The minimum absolute atomic E-state index is 0.709. The Morgan fingerprint density at radius 1 is 0.909 bits per heavy atom. The van der Waals surface area contributed by atoms with E-state index in [0.717, 1.165) is 50.6 Å². The number of para-hydroxylation sites is 1. The fraction of sp³-hybridized carbons (Fsp3) is 0.250. The average Bonchev–Trinajstić information content (AvgIpc) is 3.51. The molecular formula is C24H24N6O2S. The molecule has 0 saturated heterocycles. The molecule has 5 aromatic rings. The van der Waals surface area contributed by atoms with Crippen LogP contribution in [0, 0.1) is 13.8 Å². The fourth-order valence-electron chi connectivity index (χ4n) is 3.99. The zero-order chi connectivity index (χ0) is 22.9. The summed E-state index contributed by atoms with van der Waals surface area (Å²) in [5.41, 5.74) is 5.35. The smallest absolute Gasteiger partial charge is 0.234 e. The summed E-state index contributed by atoms with van der Waals surface area (Å²) in [6.07, 6.45) is 1.52. The molecule has 0 bridgehead atoms. The Kier molecular flexibility index (Phi) is 5.55. The number of aromatic nitrogens is 6. The number of ether oxygens (including phenoxy) is 2. The van der Waals surface area contributed by atoms with E-state index in [9.17, 15) is 0 Å². The van der Waals surface area contributed by atoms with E-state index >= 15 is 0 Å². The Bertz CT molecular complexity index is 1420. The van der Waals surface area contributed by atoms with Crippen molar-refractivity contribution in [2.24, 2.45) is 0 Å². The third-order valence-corrected chi connectivity index (χ3v) is 6.67. The van der Waals surface area contributed by atoms with Gasteiger partial charge < -0.3 is 9.47 Å². The van der Waals surface area contributed by atoms with Gasteiger partial charge in [0.05, 0.1) is 31.2 Å². The molecule has 0 aliphatic heterocycles. The van der Waals surface area contributed by atoms with Gasteiger partial charge >= 0.3 is 0 Å². The Hall–Kier alpha value is -3.72. The first kappa shape index (κ1) is 21.1. The summed E-state index contributed by atoms with van der Waals surface area (Å²) in [6, 6.07) is 15.9. The molecule has 0 saturated carbocycles. The first-order valence-corrected chi connectivity index (χ1v) is 11.4. The summed E-state index contributed by atoms with van der Waals surface area (Å²) in [7, 11) is 3.28. The summed E-state index contributed by atoms with van der Waals surface area (Å²) in [5.74, 6) is 2.27. The summed E-state index contributed by atoms with van der Waals surface area (Å²) in [4.78, 5) is 0.756. The van der Waals surface area contributed by atoms with Gasteiger partial charge in [0, 0.05) is 18.2 Å². The van der Waals surface area contributed by atoms with Crippen molar-refractivity contribution < 1.29 is 9.47 Å². The topological polar surface area (TPSA) is 79.4 Å². The summed E-state index contributed by atoms with van der Waals surface area (Å²) >= 11 is 1.48. The molecule has 5 rings (SSSR count). The Balaban J connectivity index is 1.42. The normalized spacial score (nSPS) is 11.3. The molecule has 0 radical (unpaired) electrons. The lowest BCUT2D eigenvalue weighted by molar-refractivity contribution is 0.395. The van der Waals surface area contributed by atoms with Crippen LogP contribution in [-0.2, 0) is 12.8 Å². The lowest BCUT2D eigenvalue weighted by Crippen LogP contribution is -2.02. The van der Waals surface area contributed by atoms with Gasteiger partial charge in [-0.2, -0.15) is 14.7 Å². The number of methoxy groups -OCH3 is 2. The molecule has 0 aliphatic rings. The van der Waals surface area contributed by atoms with E-state index in [1.54, 1.807) is 14.2 Å². The third-order valence-electron chi connectivity index (χ3n) is 5.74. The molecule has 0 atom stereocenters. The van der Waals surface area contributed by atoms with Crippen molar-refractivity contribution in [3.8, 4) is 27.8 Å². The first-order chi connectivity index (χ1) is 16.1. The van der Waals surface area contributed by atoms with Crippen LogP contribution >= 0.6 is 11.3 Å². The van der Waals surface area contributed by atoms with Gasteiger partial charge in [0.15, 0.2) is 10.8 Å². The van der Waals surface area contributed by atoms with Gasteiger partial charge in [0.1, 0.15) is 11.5 Å². The average molecular weight is 461 g/mol. The number of rotatable bonds is 7. The van der Waals surface area contributed by atoms with Crippen molar-refractivity contribution in [3.63, 3.8) is 0 Å². The molecular weight excluding hydrogens is 436 g/mol. The second-order valence-corrected chi connectivity index (χ2v) is 8.64. The Morgan fingerprint density at radius 2 is 1.73 bits per heavy atom. The molecule has 0 aliphatic carbocycles. The highest BCUT2D eigenvalue weighted by Crippen LogP contribution is 2.35. The van der Waals surface area contributed by atoms with Crippen LogP contribution < -0.4 is 9.47 Å². The van der Waals surface area contributed by atoms with E-state index in [1.807, 2.05) is 45.6 Å². The molecule has 0 fully saturated rings. The third kappa shape index (κ3) is 3.84. The van der Waals surface area contributed by atoms with Crippen molar-refractivity contribution in [1.29, 1.82) is 0 Å².